The second-order valence-electron chi connectivity index (χ2n) is 10.5. The topological polar surface area (TPSA) is 127 Å². The Balaban J connectivity index is 0.000000441. The number of unbranched alkanes of at least 4 members (excludes halogenated alkanes) is 2. The number of carbonyl (C=O) groups excluding carboxylic acids is 2. The number of anilines is 2. The van der Waals surface area contributed by atoms with Gasteiger partial charge in [-0.3, -0.25) is 15.1 Å². The lowest BCUT2D eigenvalue weighted by Crippen LogP contribution is -2.31. The minimum atomic E-state index is -2.74. The molecule has 1 aliphatic rings. The number of aryl methyl sites for hydroxylation is 3. The highest BCUT2D eigenvalue weighted by Crippen LogP contribution is 2.32. The van der Waals surface area contributed by atoms with Gasteiger partial charge in [-0.15, -0.1) is 0 Å². The van der Waals surface area contributed by atoms with E-state index in [9.17, 15) is 23.5 Å². The van der Waals surface area contributed by atoms with Gasteiger partial charge in [0.1, 0.15) is 11.5 Å². The zero-order valence-corrected chi connectivity index (χ0v) is 27.2. The Hall–Kier alpha value is -4.58. The van der Waals surface area contributed by atoms with Crippen LogP contribution in [0.4, 0.5) is 25.0 Å². The summed E-state index contributed by atoms with van der Waals surface area (Å²) in [5.41, 5.74) is 4.43. The highest BCUT2D eigenvalue weighted by molar-refractivity contribution is 8.15. The maximum atomic E-state index is 12.7. The molecule has 4 rings (SSSR count). The van der Waals surface area contributed by atoms with E-state index in [1.54, 1.807) is 24.4 Å². The summed E-state index contributed by atoms with van der Waals surface area (Å²) in [6.07, 6.45) is 6.22. The minimum Gasteiger partial charge on any atom is -0.506 e. The summed E-state index contributed by atoms with van der Waals surface area (Å²) < 4.78 is 27.3. The van der Waals surface area contributed by atoms with Crippen LogP contribution in [0.3, 0.4) is 0 Å². The van der Waals surface area contributed by atoms with Gasteiger partial charge in [0, 0.05) is 11.8 Å². The number of hydrogen-bond acceptors (Lipinski definition) is 6. The van der Waals surface area contributed by atoms with Crippen molar-refractivity contribution in [3.05, 3.63) is 82.9 Å². The molecule has 9 nitrogen and oxygen atoms in total. The number of benzene rings is 3. The molecule has 46 heavy (non-hydrogen) atoms. The molecule has 3 aromatic rings. The Bertz CT molecular complexity index is 1580. The zero-order valence-electron chi connectivity index (χ0n) is 26.3. The fourth-order valence-electron chi connectivity index (χ4n) is 4.24. The van der Waals surface area contributed by atoms with Gasteiger partial charge in [-0.1, -0.05) is 68.3 Å². The van der Waals surface area contributed by atoms with Crippen molar-refractivity contribution in [2.24, 2.45) is 9.98 Å². The molecule has 12 heteroatoms. The number of hydrogen-bond donors (Lipinski definition) is 3. The molecule has 0 aliphatic carbocycles. The van der Waals surface area contributed by atoms with Crippen LogP contribution < -0.4 is 15.0 Å². The number of amidine groups is 2. The Morgan fingerprint density at radius 3 is 2.46 bits per heavy atom. The van der Waals surface area contributed by atoms with Crippen molar-refractivity contribution in [1.82, 2.24) is 0 Å². The third-order valence-corrected chi connectivity index (χ3v) is 7.56. The van der Waals surface area contributed by atoms with E-state index < -0.39 is 12.6 Å². The van der Waals surface area contributed by atoms with Crippen molar-refractivity contribution in [3.63, 3.8) is 0 Å². The molecule has 1 aliphatic heterocycles. The predicted octanol–water partition coefficient (Wildman–Crippen LogP) is 8.50. The number of aliphatic imine (C=N–C) groups is 2. The number of nitrogens with one attached hydrogen (secondary N) is 2. The van der Waals surface area contributed by atoms with Gasteiger partial charge in [-0.2, -0.15) is 13.8 Å². The lowest BCUT2D eigenvalue weighted by atomic mass is 10.0. The maximum Gasteiger partial charge on any atom is 0.387 e. The normalized spacial score (nSPS) is 13.7. The smallest absolute Gasteiger partial charge is 0.387 e. The first-order valence-electron chi connectivity index (χ1n) is 14.9. The van der Waals surface area contributed by atoms with Crippen LogP contribution in [0, 0.1) is 19.3 Å². The van der Waals surface area contributed by atoms with Gasteiger partial charge in [0.25, 0.3) is 0 Å². The lowest BCUT2D eigenvalue weighted by molar-refractivity contribution is -0.115. The number of thioether (sulfide) groups is 1. The van der Waals surface area contributed by atoms with Gasteiger partial charge in [0.05, 0.1) is 17.1 Å². The average molecular weight is 652 g/mol. The quantitative estimate of drug-likeness (QED) is 0.115. The monoisotopic (exact) mass is 651 g/mol. The molecule has 0 unspecified atom stereocenters. The van der Waals surface area contributed by atoms with Crippen molar-refractivity contribution < 1.29 is 28.2 Å². The number of amides is 3. The van der Waals surface area contributed by atoms with E-state index in [4.69, 9.17) is 5.41 Å². The fourth-order valence-corrected chi connectivity index (χ4v) is 5.09. The third-order valence-electron chi connectivity index (χ3n) is 6.64. The number of phenols is 1. The minimum absolute atomic E-state index is 0.0282. The Morgan fingerprint density at radius 1 is 1.09 bits per heavy atom. The average Bonchev–Trinajstić information content (AvgIpc) is 3.37. The van der Waals surface area contributed by atoms with Gasteiger partial charge < -0.3 is 15.2 Å². The fraction of sp³-hybridized carbons (Fsp3) is 0.324. The van der Waals surface area contributed by atoms with Gasteiger partial charge in [-0.05, 0) is 80.6 Å². The van der Waals surface area contributed by atoms with Crippen molar-refractivity contribution in [3.8, 4) is 11.5 Å². The Labute approximate surface area is 272 Å². The van der Waals surface area contributed by atoms with Crippen LogP contribution in [-0.4, -0.2) is 46.6 Å². The first-order valence-corrected chi connectivity index (χ1v) is 15.9. The molecule has 3 aromatic carbocycles. The molecular weight excluding hydrogens is 612 g/mol. The van der Waals surface area contributed by atoms with E-state index in [0.717, 1.165) is 54.5 Å². The summed E-state index contributed by atoms with van der Waals surface area (Å²) in [6, 6.07) is 16.2. The molecule has 244 valence electrons. The largest absolute Gasteiger partial charge is 0.506 e. The van der Waals surface area contributed by atoms with Crippen LogP contribution >= 0.6 is 11.8 Å². The Morgan fingerprint density at radius 2 is 1.80 bits per heavy atom. The molecule has 1 heterocycles. The van der Waals surface area contributed by atoms with E-state index in [-0.39, 0.29) is 34.7 Å². The van der Waals surface area contributed by atoms with E-state index in [0.29, 0.717) is 10.7 Å². The van der Waals surface area contributed by atoms with Gasteiger partial charge >= 0.3 is 12.6 Å². The molecule has 0 aromatic heterocycles. The van der Waals surface area contributed by atoms with Crippen molar-refractivity contribution in [2.45, 2.75) is 66.4 Å². The van der Waals surface area contributed by atoms with E-state index in [2.05, 4.69) is 27.0 Å². The van der Waals surface area contributed by atoms with E-state index in [1.165, 1.54) is 40.9 Å². The summed E-state index contributed by atoms with van der Waals surface area (Å²) in [4.78, 5) is 35.1. The summed E-state index contributed by atoms with van der Waals surface area (Å²) in [6.45, 7) is 5.25. The van der Waals surface area contributed by atoms with Gasteiger partial charge in [-0.25, -0.2) is 9.79 Å². The number of alkyl halides is 2. The molecule has 0 saturated carbocycles. The van der Waals surface area contributed by atoms with Gasteiger partial charge in [0.2, 0.25) is 5.91 Å². The highest BCUT2D eigenvalue weighted by atomic mass is 32.2. The standard InChI is InChI=1S/C26H31N5O3S.C8H8F2O/c1-4-6-8-18-10-9-17(3)14-21(18)31-23(33)16-35-26(31)30-25(34)29-20-12-11-19(15-22(20)32)24(27)28-13-7-5-2;1-6-2-4-7(5-3-6)11-8(9)10/h9-15,27,32H,4-8,16H2,1-3H3,(H,29,34);2-5,8H,1H3/b27-24?,28-13?,30-26-;. The molecule has 0 radical (unpaired) electrons. The van der Waals surface area contributed by atoms with Crippen LogP contribution in [0.15, 0.2) is 70.6 Å². The van der Waals surface area contributed by atoms with Crippen LogP contribution in [-0.2, 0) is 11.2 Å². The molecule has 3 amide bonds. The molecular formula is C34H39F2N5O4S. The number of rotatable bonds is 10. The SMILES string of the molecule is CCCC=NC(=N)c1ccc(NC(=O)/N=C2\SCC(=O)N2c2cc(C)ccc2CCCC)c(O)c1.Cc1ccc(OC(F)F)cc1. The lowest BCUT2D eigenvalue weighted by Gasteiger charge is -2.20. The second kappa shape index (κ2) is 17.8. The van der Waals surface area contributed by atoms with Crippen LogP contribution in [0.25, 0.3) is 0 Å². The first kappa shape index (κ1) is 35.9. The van der Waals surface area contributed by atoms with Crippen molar-refractivity contribution in [1.29, 1.82) is 5.41 Å². The van der Waals surface area contributed by atoms with Crippen molar-refractivity contribution >= 4 is 52.3 Å². The van der Waals surface area contributed by atoms with Crippen molar-refractivity contribution in [2.75, 3.05) is 16.0 Å². The number of nitrogens with zero attached hydrogens (tertiary/aromatic N) is 3. The number of urea groups is 1. The highest BCUT2D eigenvalue weighted by Gasteiger charge is 2.32. The Kier molecular flexibility index (Phi) is 13.9. The number of phenolic OH excluding ortho intramolecular Hbond substituents is 1. The van der Waals surface area contributed by atoms with Crippen LogP contribution in [0.2, 0.25) is 0 Å². The van der Waals surface area contributed by atoms with Crippen LogP contribution in [0.1, 0.15) is 61.8 Å². The predicted molar refractivity (Wildman–Crippen MR) is 182 cm³/mol. The van der Waals surface area contributed by atoms with Crippen LogP contribution in [0.5, 0.6) is 11.5 Å². The third kappa shape index (κ3) is 10.8. The zero-order chi connectivity index (χ0) is 33.6. The second-order valence-corrected chi connectivity index (χ2v) is 11.4. The summed E-state index contributed by atoms with van der Waals surface area (Å²) in [7, 11) is 0. The summed E-state index contributed by atoms with van der Waals surface area (Å²) >= 11 is 1.21. The number of aromatic hydroxyl groups is 1. The first-order chi connectivity index (χ1) is 22.0. The maximum absolute atomic E-state index is 12.7. The van der Waals surface area contributed by atoms with E-state index >= 15 is 0 Å². The number of carbonyl (C=O) groups is 2. The molecule has 3 N–H and O–H groups in total. The molecule has 0 spiro atoms. The van der Waals surface area contributed by atoms with E-state index in [1.807, 2.05) is 39.0 Å². The van der Waals surface area contributed by atoms with Gasteiger partial charge in [0.15, 0.2) is 11.0 Å². The summed E-state index contributed by atoms with van der Waals surface area (Å²) in [5, 5.41) is 21.2. The summed E-state index contributed by atoms with van der Waals surface area (Å²) in [5.74, 6) is 0.109. The molecule has 0 atom stereocenters. The molecule has 1 fully saturated rings. The number of halogens is 2. The number of ether oxygens (including phenoxy) is 1. The molecule has 1 saturated heterocycles. The molecule has 0 bridgehead atoms.